The third-order valence-corrected chi connectivity index (χ3v) is 4.01. The SMILES string of the molecule is N#Cc1ccc(COc2c(Br)cccc2CCl)c(Cl)c1. The molecule has 0 aromatic heterocycles. The molecule has 0 atom stereocenters. The molecule has 0 aliphatic heterocycles. The molecule has 0 aliphatic carbocycles. The average Bonchev–Trinajstić information content (AvgIpc) is 2.46. The summed E-state index contributed by atoms with van der Waals surface area (Å²) in [4.78, 5) is 0. The van der Waals surface area contributed by atoms with E-state index in [1.54, 1.807) is 18.2 Å². The van der Waals surface area contributed by atoms with Gasteiger partial charge in [0.2, 0.25) is 0 Å². The number of hydrogen-bond acceptors (Lipinski definition) is 2. The number of alkyl halides is 1. The summed E-state index contributed by atoms with van der Waals surface area (Å²) >= 11 is 15.5. The van der Waals surface area contributed by atoms with Crippen LogP contribution in [0.2, 0.25) is 5.02 Å². The average molecular weight is 371 g/mol. The highest BCUT2D eigenvalue weighted by molar-refractivity contribution is 9.10. The van der Waals surface area contributed by atoms with Crippen LogP contribution in [0.1, 0.15) is 16.7 Å². The van der Waals surface area contributed by atoms with E-state index in [1.807, 2.05) is 24.3 Å². The Labute approximate surface area is 136 Å². The molecular weight excluding hydrogens is 361 g/mol. The van der Waals surface area contributed by atoms with E-state index in [4.69, 9.17) is 33.2 Å². The normalized spacial score (nSPS) is 10.1. The van der Waals surface area contributed by atoms with Gasteiger partial charge in [-0.25, -0.2) is 0 Å². The predicted octanol–water partition coefficient (Wildman–Crippen LogP) is 5.29. The van der Waals surface area contributed by atoms with Gasteiger partial charge < -0.3 is 4.74 Å². The van der Waals surface area contributed by atoms with Crippen LogP contribution in [0.15, 0.2) is 40.9 Å². The fraction of sp³-hybridized carbons (Fsp3) is 0.133. The standard InChI is InChI=1S/C15H10BrCl2NO/c16-13-3-1-2-11(7-17)15(13)20-9-12-5-4-10(8-19)6-14(12)18/h1-6H,7,9H2. The van der Waals surface area contributed by atoms with Gasteiger partial charge in [-0.15, -0.1) is 11.6 Å². The fourth-order valence-electron chi connectivity index (χ4n) is 1.70. The van der Waals surface area contributed by atoms with Gasteiger partial charge >= 0.3 is 0 Å². The number of halogens is 3. The van der Waals surface area contributed by atoms with Crippen LogP contribution in [0.5, 0.6) is 5.75 Å². The molecule has 5 heteroatoms. The van der Waals surface area contributed by atoms with E-state index >= 15 is 0 Å². The molecule has 2 aromatic rings. The van der Waals surface area contributed by atoms with E-state index in [2.05, 4.69) is 15.9 Å². The predicted molar refractivity (Wildman–Crippen MR) is 84.2 cm³/mol. The Morgan fingerprint density at radius 2 is 2.00 bits per heavy atom. The Balaban J connectivity index is 2.19. The zero-order valence-corrected chi connectivity index (χ0v) is 13.5. The highest BCUT2D eigenvalue weighted by atomic mass is 79.9. The molecule has 102 valence electrons. The van der Waals surface area contributed by atoms with Crippen LogP contribution in [0, 0.1) is 11.3 Å². The molecule has 2 rings (SSSR count). The maximum atomic E-state index is 8.80. The van der Waals surface area contributed by atoms with Gasteiger partial charge in [0, 0.05) is 16.1 Å². The first-order valence-electron chi connectivity index (χ1n) is 5.80. The summed E-state index contributed by atoms with van der Waals surface area (Å²) in [7, 11) is 0. The minimum Gasteiger partial charge on any atom is -0.487 e. The van der Waals surface area contributed by atoms with E-state index in [0.29, 0.717) is 28.8 Å². The van der Waals surface area contributed by atoms with Gasteiger partial charge in [0.15, 0.2) is 0 Å². The quantitative estimate of drug-likeness (QED) is 0.684. The van der Waals surface area contributed by atoms with E-state index in [1.165, 1.54) is 0 Å². The molecular formula is C15H10BrCl2NO. The van der Waals surface area contributed by atoms with Crippen LogP contribution in [0.25, 0.3) is 0 Å². The first-order chi connectivity index (χ1) is 9.65. The number of rotatable bonds is 4. The van der Waals surface area contributed by atoms with Gasteiger partial charge in [0.05, 0.1) is 22.0 Å². The van der Waals surface area contributed by atoms with Crippen LogP contribution in [-0.4, -0.2) is 0 Å². The summed E-state index contributed by atoms with van der Waals surface area (Å²) in [5.74, 6) is 1.08. The third-order valence-electron chi connectivity index (χ3n) is 2.75. The van der Waals surface area contributed by atoms with Crippen LogP contribution >= 0.6 is 39.1 Å². The van der Waals surface area contributed by atoms with Crippen molar-refractivity contribution in [3.05, 3.63) is 62.6 Å². The van der Waals surface area contributed by atoms with Crippen molar-refractivity contribution in [1.82, 2.24) is 0 Å². The lowest BCUT2D eigenvalue weighted by Gasteiger charge is -2.12. The minimum absolute atomic E-state index is 0.317. The molecule has 0 bridgehead atoms. The van der Waals surface area contributed by atoms with Gasteiger partial charge in [-0.05, 0) is 34.1 Å². The Morgan fingerprint density at radius 3 is 2.65 bits per heavy atom. The van der Waals surface area contributed by atoms with Crippen LogP contribution in [0.3, 0.4) is 0 Å². The van der Waals surface area contributed by atoms with E-state index in [0.717, 1.165) is 15.6 Å². The van der Waals surface area contributed by atoms with Gasteiger partial charge in [-0.2, -0.15) is 5.26 Å². The molecule has 0 saturated heterocycles. The highest BCUT2D eigenvalue weighted by Gasteiger charge is 2.09. The van der Waals surface area contributed by atoms with Gasteiger partial charge in [0.1, 0.15) is 12.4 Å². The zero-order chi connectivity index (χ0) is 14.5. The summed E-state index contributed by atoms with van der Waals surface area (Å²) in [6.45, 7) is 0.317. The second-order valence-electron chi connectivity index (χ2n) is 4.07. The van der Waals surface area contributed by atoms with E-state index < -0.39 is 0 Å². The largest absolute Gasteiger partial charge is 0.487 e. The smallest absolute Gasteiger partial charge is 0.138 e. The lowest BCUT2D eigenvalue weighted by atomic mass is 10.1. The summed E-state index contributed by atoms with van der Waals surface area (Å²) in [5.41, 5.74) is 2.26. The second-order valence-corrected chi connectivity index (χ2v) is 5.60. The minimum atomic E-state index is 0.317. The molecule has 0 amide bonds. The number of para-hydroxylation sites is 1. The first-order valence-corrected chi connectivity index (χ1v) is 7.51. The number of ether oxygens (including phenoxy) is 1. The first kappa shape index (κ1) is 15.2. The molecule has 0 saturated carbocycles. The summed E-state index contributed by atoms with van der Waals surface area (Å²) < 4.78 is 6.65. The number of hydrogen-bond donors (Lipinski definition) is 0. The molecule has 2 aromatic carbocycles. The third kappa shape index (κ3) is 3.46. The lowest BCUT2D eigenvalue weighted by Crippen LogP contribution is -1.99. The van der Waals surface area contributed by atoms with Crippen molar-refractivity contribution in [1.29, 1.82) is 5.26 Å². The van der Waals surface area contributed by atoms with Crippen LogP contribution in [-0.2, 0) is 12.5 Å². The molecule has 2 nitrogen and oxygen atoms in total. The van der Waals surface area contributed by atoms with Crippen LogP contribution < -0.4 is 4.74 Å². The summed E-state index contributed by atoms with van der Waals surface area (Å²) in [6, 6.07) is 12.9. The zero-order valence-electron chi connectivity index (χ0n) is 10.4. The van der Waals surface area contributed by atoms with Gasteiger partial charge in [-0.1, -0.05) is 29.8 Å². The molecule has 0 heterocycles. The molecule has 0 spiro atoms. The highest BCUT2D eigenvalue weighted by Crippen LogP contribution is 2.31. The molecule has 0 unspecified atom stereocenters. The Hall–Kier alpha value is -1.21. The van der Waals surface area contributed by atoms with E-state index in [9.17, 15) is 0 Å². The van der Waals surface area contributed by atoms with Crippen molar-refractivity contribution in [2.24, 2.45) is 0 Å². The molecule has 20 heavy (non-hydrogen) atoms. The molecule has 0 N–H and O–H groups in total. The summed E-state index contributed by atoms with van der Waals surface area (Å²) in [6.07, 6.45) is 0. The van der Waals surface area contributed by atoms with Gasteiger partial charge in [-0.3, -0.25) is 0 Å². The fourth-order valence-corrected chi connectivity index (χ4v) is 2.67. The number of benzene rings is 2. The topological polar surface area (TPSA) is 33.0 Å². The number of nitrogens with zero attached hydrogens (tertiary/aromatic N) is 1. The maximum absolute atomic E-state index is 8.80. The van der Waals surface area contributed by atoms with Crippen molar-refractivity contribution in [3.63, 3.8) is 0 Å². The maximum Gasteiger partial charge on any atom is 0.138 e. The lowest BCUT2D eigenvalue weighted by molar-refractivity contribution is 0.302. The Kier molecular flexibility index (Phi) is 5.31. The second kappa shape index (κ2) is 6.99. The van der Waals surface area contributed by atoms with Crippen molar-refractivity contribution in [3.8, 4) is 11.8 Å². The molecule has 0 radical (unpaired) electrons. The van der Waals surface area contributed by atoms with Crippen LogP contribution in [0.4, 0.5) is 0 Å². The van der Waals surface area contributed by atoms with Gasteiger partial charge in [0.25, 0.3) is 0 Å². The Morgan fingerprint density at radius 1 is 1.20 bits per heavy atom. The van der Waals surface area contributed by atoms with Crippen molar-refractivity contribution in [2.45, 2.75) is 12.5 Å². The van der Waals surface area contributed by atoms with Crippen molar-refractivity contribution >= 4 is 39.1 Å². The molecule has 0 aliphatic rings. The Bertz CT molecular complexity index is 667. The number of nitriles is 1. The van der Waals surface area contributed by atoms with E-state index in [-0.39, 0.29) is 0 Å². The monoisotopic (exact) mass is 369 g/mol. The van der Waals surface area contributed by atoms with Crippen molar-refractivity contribution < 1.29 is 4.74 Å². The summed E-state index contributed by atoms with van der Waals surface area (Å²) in [5, 5.41) is 9.32. The van der Waals surface area contributed by atoms with Crippen molar-refractivity contribution in [2.75, 3.05) is 0 Å². The molecule has 0 fully saturated rings.